The fourth-order valence-corrected chi connectivity index (χ4v) is 6.13. The summed E-state index contributed by atoms with van der Waals surface area (Å²) in [6.07, 6.45) is 15.7. The monoisotopic (exact) mass is 618 g/mol. The van der Waals surface area contributed by atoms with Gasteiger partial charge in [-0.2, -0.15) is 0 Å². The molecular weight excluding hydrogens is 550 g/mol. The molecule has 3 rings (SSSR count). The minimum atomic E-state index is -0.182. The molecule has 2 saturated heterocycles. The molecule has 2 N–H and O–H groups in total. The second kappa shape index (κ2) is 20.6. The van der Waals surface area contributed by atoms with Gasteiger partial charge in [0, 0.05) is 50.0 Å². The predicted octanol–water partition coefficient (Wildman–Crippen LogP) is 6.28. The molecule has 3 amide bonds. The summed E-state index contributed by atoms with van der Waals surface area (Å²) < 4.78 is 0. The van der Waals surface area contributed by atoms with E-state index in [1.54, 1.807) is 0 Å². The van der Waals surface area contributed by atoms with Crippen LogP contribution < -0.4 is 10.6 Å². The molecule has 8 heteroatoms. The summed E-state index contributed by atoms with van der Waals surface area (Å²) in [5, 5.41) is 6.13. The molecule has 0 bridgehead atoms. The summed E-state index contributed by atoms with van der Waals surface area (Å²) in [7, 11) is 1.98. The maximum atomic E-state index is 13.3. The molecular formula is C36H67N5O3. The number of carbonyl (C=O) groups is 3. The highest BCUT2D eigenvalue weighted by atomic mass is 16.2. The Balaban J connectivity index is 0.000000672. The van der Waals surface area contributed by atoms with Crippen molar-refractivity contribution in [1.29, 1.82) is 0 Å². The Labute approximate surface area is 270 Å². The summed E-state index contributed by atoms with van der Waals surface area (Å²) in [5.74, 6) is 0.233. The molecule has 1 saturated carbocycles. The number of amides is 3. The van der Waals surface area contributed by atoms with Gasteiger partial charge in [-0.25, -0.2) is 0 Å². The van der Waals surface area contributed by atoms with Gasteiger partial charge in [-0.3, -0.25) is 19.3 Å². The number of hydrogen-bond donors (Lipinski definition) is 2. The molecule has 0 aromatic rings. The van der Waals surface area contributed by atoms with Gasteiger partial charge < -0.3 is 20.4 Å². The van der Waals surface area contributed by atoms with Gasteiger partial charge in [-0.05, 0) is 71.3 Å². The smallest absolute Gasteiger partial charge is 0.249 e. The molecule has 44 heavy (non-hydrogen) atoms. The first kappa shape index (κ1) is 39.7. The van der Waals surface area contributed by atoms with Crippen LogP contribution in [0.2, 0.25) is 0 Å². The Morgan fingerprint density at radius 1 is 0.955 bits per heavy atom. The lowest BCUT2D eigenvalue weighted by molar-refractivity contribution is -0.130. The van der Waals surface area contributed by atoms with E-state index < -0.39 is 0 Å². The fourth-order valence-electron chi connectivity index (χ4n) is 6.13. The van der Waals surface area contributed by atoms with Crippen molar-refractivity contribution in [3.63, 3.8) is 0 Å². The Bertz CT molecular complexity index is 898. The number of hydrogen-bond acceptors (Lipinski definition) is 5. The first-order chi connectivity index (χ1) is 20.8. The number of nitrogens with one attached hydrogen (secondary N) is 2. The fraction of sp³-hybridized carbons (Fsp3) is 0.806. The topological polar surface area (TPSA) is 85.0 Å². The van der Waals surface area contributed by atoms with Crippen LogP contribution in [0.4, 0.5) is 0 Å². The zero-order valence-corrected chi connectivity index (χ0v) is 29.8. The second-order valence-electron chi connectivity index (χ2n) is 14.2. The van der Waals surface area contributed by atoms with Crippen LogP contribution in [-0.2, 0) is 14.4 Å². The molecule has 3 fully saturated rings. The molecule has 3 aliphatic rings. The van der Waals surface area contributed by atoms with Crippen molar-refractivity contribution in [2.45, 2.75) is 150 Å². The summed E-state index contributed by atoms with van der Waals surface area (Å²) in [6, 6.07) is 0.577. The van der Waals surface area contributed by atoms with Crippen molar-refractivity contribution in [2.24, 2.45) is 5.41 Å². The second-order valence-corrected chi connectivity index (χ2v) is 14.2. The van der Waals surface area contributed by atoms with Crippen LogP contribution in [0, 0.1) is 5.41 Å². The largest absolute Gasteiger partial charge is 0.373 e. The highest BCUT2D eigenvalue weighted by Gasteiger charge is 2.36. The highest BCUT2D eigenvalue weighted by Crippen LogP contribution is 2.27. The third-order valence-corrected chi connectivity index (χ3v) is 8.80. The number of likely N-dealkylation sites (tertiary alicyclic amines) is 2. The van der Waals surface area contributed by atoms with Crippen LogP contribution in [0.3, 0.4) is 0 Å². The van der Waals surface area contributed by atoms with Crippen LogP contribution in [0.15, 0.2) is 23.9 Å². The van der Waals surface area contributed by atoms with E-state index in [0.29, 0.717) is 18.6 Å². The Hall–Kier alpha value is -2.35. The van der Waals surface area contributed by atoms with E-state index >= 15 is 0 Å². The number of piperidine rings is 1. The third-order valence-electron chi connectivity index (χ3n) is 8.80. The number of rotatable bonds is 10. The lowest BCUT2D eigenvalue weighted by Crippen LogP contribution is -2.57. The highest BCUT2D eigenvalue weighted by molar-refractivity contribution is 5.93. The molecule has 1 aliphatic carbocycles. The number of likely N-dealkylation sites (N-methyl/N-ethyl adjacent to an activating group) is 1. The average Bonchev–Trinajstić information content (AvgIpc) is 3.53. The summed E-state index contributed by atoms with van der Waals surface area (Å²) in [5.41, 5.74) is 1.47. The zero-order valence-electron chi connectivity index (χ0n) is 29.8. The molecule has 2 atom stereocenters. The van der Waals surface area contributed by atoms with E-state index in [1.807, 2.05) is 24.9 Å². The molecule has 0 aromatic carbocycles. The minimum Gasteiger partial charge on any atom is -0.373 e. The van der Waals surface area contributed by atoms with E-state index in [-0.39, 0.29) is 29.3 Å². The van der Waals surface area contributed by atoms with Crippen molar-refractivity contribution in [2.75, 3.05) is 33.2 Å². The first-order valence-corrected chi connectivity index (χ1v) is 17.4. The molecule has 2 unspecified atom stereocenters. The van der Waals surface area contributed by atoms with Crippen LogP contribution in [0.1, 0.15) is 126 Å². The molecule has 2 heterocycles. The maximum absolute atomic E-state index is 13.3. The third kappa shape index (κ3) is 13.7. The Morgan fingerprint density at radius 3 is 2.02 bits per heavy atom. The van der Waals surface area contributed by atoms with Gasteiger partial charge >= 0.3 is 0 Å². The van der Waals surface area contributed by atoms with Crippen molar-refractivity contribution in [3.8, 4) is 0 Å². The van der Waals surface area contributed by atoms with Crippen molar-refractivity contribution < 1.29 is 14.4 Å². The van der Waals surface area contributed by atoms with Crippen molar-refractivity contribution in [1.82, 2.24) is 25.3 Å². The Kier molecular flexibility index (Phi) is 18.6. The normalized spacial score (nSPS) is 20.5. The van der Waals surface area contributed by atoms with Crippen LogP contribution in [-0.4, -0.2) is 90.3 Å². The Morgan fingerprint density at radius 2 is 1.50 bits per heavy atom. The van der Waals surface area contributed by atoms with Crippen LogP contribution in [0.5, 0.6) is 0 Å². The van der Waals surface area contributed by atoms with Crippen LogP contribution >= 0.6 is 0 Å². The van der Waals surface area contributed by atoms with E-state index in [9.17, 15) is 14.4 Å². The van der Waals surface area contributed by atoms with Crippen molar-refractivity contribution in [3.05, 3.63) is 23.9 Å². The summed E-state index contributed by atoms with van der Waals surface area (Å²) in [4.78, 5) is 42.2. The maximum Gasteiger partial charge on any atom is 0.249 e. The van der Waals surface area contributed by atoms with E-state index in [4.69, 9.17) is 0 Å². The summed E-state index contributed by atoms with van der Waals surface area (Å²) >= 11 is 0. The quantitative estimate of drug-likeness (QED) is 0.223. The molecule has 0 radical (unpaired) electrons. The van der Waals surface area contributed by atoms with Crippen molar-refractivity contribution >= 4 is 18.2 Å². The van der Waals surface area contributed by atoms with Gasteiger partial charge in [0.15, 0.2) is 0 Å². The number of carbonyl (C=O) groups excluding carboxylic acids is 3. The minimum absolute atomic E-state index is 0.0769. The molecule has 2 aliphatic heterocycles. The van der Waals surface area contributed by atoms with E-state index in [0.717, 1.165) is 69.4 Å². The molecule has 0 aromatic heterocycles. The van der Waals surface area contributed by atoms with Gasteiger partial charge in [0.05, 0.1) is 12.1 Å². The standard InChI is InChI=1S/C26H46N4O2.C7H13NO.C3H8/c1-19(2)30-17-10-9-13-22(30)24(31)27-23(26(5,6)7)21(4)28(8)18-14-20(3)25(32)29-15-11-12-16-29;9-6-8-7-4-2-1-3-5-7;1-3-2/h14,19,22-23H,4,9-13,15-18H2,1-3,5-8H3,(H,27,31);6-7H,1-5H2,(H,8,9);3H2,1-2H3/b20-14+;;. The average molecular weight is 618 g/mol. The lowest BCUT2D eigenvalue weighted by Gasteiger charge is -2.41. The van der Waals surface area contributed by atoms with Gasteiger partial charge in [0.1, 0.15) is 0 Å². The van der Waals surface area contributed by atoms with Gasteiger partial charge in [0.25, 0.3) is 0 Å². The lowest BCUT2D eigenvalue weighted by atomic mass is 9.84. The molecule has 254 valence electrons. The number of nitrogens with zero attached hydrogens (tertiary/aromatic N) is 3. The van der Waals surface area contributed by atoms with Crippen LogP contribution in [0.25, 0.3) is 0 Å². The molecule has 0 spiro atoms. The zero-order chi connectivity index (χ0) is 33.3. The van der Waals surface area contributed by atoms with Gasteiger partial charge in [-0.15, -0.1) is 0 Å². The van der Waals surface area contributed by atoms with Gasteiger partial charge in [-0.1, -0.05) is 79.4 Å². The predicted molar refractivity (Wildman–Crippen MR) is 184 cm³/mol. The SMILES string of the molecule is C=C(C(NC(=O)C1CCCCN1C(C)C)C(C)(C)C)N(C)C/C=C(\C)C(=O)N1CCCC1.CCC.O=CNC1CCCCC1. The van der Waals surface area contributed by atoms with E-state index in [1.165, 1.54) is 38.5 Å². The molecule has 8 nitrogen and oxygen atoms in total. The van der Waals surface area contributed by atoms with Gasteiger partial charge in [0.2, 0.25) is 18.2 Å². The van der Waals surface area contributed by atoms with E-state index in [2.05, 4.69) is 75.5 Å². The first-order valence-electron chi connectivity index (χ1n) is 17.4. The summed E-state index contributed by atoms with van der Waals surface area (Å²) in [6.45, 7) is 24.5.